The van der Waals surface area contributed by atoms with Crippen molar-refractivity contribution >= 4 is 11.6 Å². The average Bonchev–Trinajstić information content (AvgIpc) is 3.23. The molecular formula is C19H25N3O3. The molecule has 0 bridgehead atoms. The van der Waals surface area contributed by atoms with Crippen molar-refractivity contribution < 1.29 is 14.3 Å². The van der Waals surface area contributed by atoms with Crippen LogP contribution in [-0.4, -0.2) is 35.4 Å². The molecule has 6 nitrogen and oxygen atoms in total. The van der Waals surface area contributed by atoms with Gasteiger partial charge in [0.05, 0.1) is 17.4 Å². The Bertz CT molecular complexity index is 716. The van der Waals surface area contributed by atoms with E-state index >= 15 is 0 Å². The van der Waals surface area contributed by atoms with Crippen LogP contribution in [-0.2, 0) is 4.74 Å². The molecule has 6 heteroatoms. The summed E-state index contributed by atoms with van der Waals surface area (Å²) >= 11 is 0. The number of nitrogens with zero attached hydrogens (tertiary/aromatic N) is 1. The largest absolute Gasteiger partial charge is 0.491 e. The van der Waals surface area contributed by atoms with Gasteiger partial charge in [-0.2, -0.15) is 5.10 Å². The van der Waals surface area contributed by atoms with E-state index in [-0.39, 0.29) is 17.9 Å². The average molecular weight is 343 g/mol. The molecule has 1 fully saturated rings. The second-order valence-electron chi connectivity index (χ2n) is 6.69. The third kappa shape index (κ3) is 4.20. The molecule has 25 heavy (non-hydrogen) atoms. The minimum Gasteiger partial charge on any atom is -0.491 e. The lowest BCUT2D eigenvalue weighted by molar-refractivity contribution is 0.0679. The van der Waals surface area contributed by atoms with Gasteiger partial charge in [-0.3, -0.25) is 9.89 Å². The Morgan fingerprint density at radius 3 is 2.80 bits per heavy atom. The molecule has 1 amide bonds. The van der Waals surface area contributed by atoms with E-state index in [0.717, 1.165) is 42.3 Å². The van der Waals surface area contributed by atoms with Gasteiger partial charge in [-0.05, 0) is 49.9 Å². The normalized spacial score (nSPS) is 17.0. The Hall–Kier alpha value is -2.34. The Morgan fingerprint density at radius 2 is 2.16 bits per heavy atom. The number of carbonyl (C=O) groups is 1. The molecule has 2 aromatic rings. The fourth-order valence-electron chi connectivity index (χ4n) is 2.95. The number of hydrogen-bond acceptors (Lipinski definition) is 4. The monoisotopic (exact) mass is 343 g/mol. The number of aromatic nitrogens is 2. The first-order chi connectivity index (χ1) is 12.0. The zero-order valence-electron chi connectivity index (χ0n) is 15.0. The summed E-state index contributed by atoms with van der Waals surface area (Å²) < 4.78 is 11.3. The highest BCUT2D eigenvalue weighted by molar-refractivity contribution is 6.06. The number of nitrogens with one attached hydrogen (secondary N) is 2. The van der Waals surface area contributed by atoms with Gasteiger partial charge in [0.1, 0.15) is 12.4 Å². The number of aryl methyl sites for hydroxylation is 1. The number of hydrogen-bond donors (Lipinski definition) is 2. The van der Waals surface area contributed by atoms with Crippen molar-refractivity contribution in [1.82, 2.24) is 10.2 Å². The first kappa shape index (κ1) is 17.5. The highest BCUT2D eigenvalue weighted by atomic mass is 16.5. The van der Waals surface area contributed by atoms with Crippen molar-refractivity contribution in [2.45, 2.75) is 45.6 Å². The lowest BCUT2D eigenvalue weighted by Gasteiger charge is -2.12. The van der Waals surface area contributed by atoms with E-state index in [4.69, 9.17) is 9.47 Å². The molecular weight excluding hydrogens is 318 g/mol. The summed E-state index contributed by atoms with van der Waals surface area (Å²) in [7, 11) is 0. The minimum atomic E-state index is -0.150. The smallest absolute Gasteiger partial charge is 0.259 e. The molecule has 0 spiro atoms. The van der Waals surface area contributed by atoms with Gasteiger partial charge in [0.2, 0.25) is 0 Å². The number of H-pyrrole nitrogens is 1. The van der Waals surface area contributed by atoms with E-state index in [1.165, 1.54) is 0 Å². The van der Waals surface area contributed by atoms with Crippen LogP contribution in [0.25, 0.3) is 0 Å². The SMILES string of the molecule is Cc1[nH]nc(C(C)C)c1C(=O)Nc1ccc(OC[C@H]2CCCO2)cc1. The topological polar surface area (TPSA) is 76.2 Å². The number of amides is 1. The van der Waals surface area contributed by atoms with Crippen molar-refractivity contribution in [3.63, 3.8) is 0 Å². The lowest BCUT2D eigenvalue weighted by Crippen LogP contribution is -2.16. The summed E-state index contributed by atoms with van der Waals surface area (Å²) in [4.78, 5) is 12.6. The highest BCUT2D eigenvalue weighted by Gasteiger charge is 2.20. The molecule has 0 aliphatic carbocycles. The second-order valence-corrected chi connectivity index (χ2v) is 6.69. The summed E-state index contributed by atoms with van der Waals surface area (Å²) in [6.45, 7) is 7.29. The zero-order valence-corrected chi connectivity index (χ0v) is 15.0. The van der Waals surface area contributed by atoms with Crippen molar-refractivity contribution in [3.8, 4) is 5.75 Å². The number of anilines is 1. The van der Waals surface area contributed by atoms with Crippen LogP contribution in [0.4, 0.5) is 5.69 Å². The summed E-state index contributed by atoms with van der Waals surface area (Å²) in [5.74, 6) is 0.804. The molecule has 1 atom stereocenters. The standard InChI is InChI=1S/C19H25N3O3/c1-12(2)18-17(13(3)21-22-18)19(23)20-14-6-8-15(9-7-14)25-11-16-5-4-10-24-16/h6-9,12,16H,4-5,10-11H2,1-3H3,(H,20,23)(H,21,22)/t16-/m1/s1. The summed E-state index contributed by atoms with van der Waals surface area (Å²) in [5, 5.41) is 10.1. The predicted molar refractivity (Wildman–Crippen MR) is 96.3 cm³/mol. The first-order valence-corrected chi connectivity index (χ1v) is 8.75. The maximum absolute atomic E-state index is 12.6. The van der Waals surface area contributed by atoms with Crippen molar-refractivity contribution in [2.24, 2.45) is 0 Å². The third-order valence-corrected chi connectivity index (χ3v) is 4.32. The molecule has 134 valence electrons. The fraction of sp³-hybridized carbons (Fsp3) is 0.474. The molecule has 1 aliphatic heterocycles. The number of ether oxygens (including phenoxy) is 2. The second kappa shape index (κ2) is 7.70. The first-order valence-electron chi connectivity index (χ1n) is 8.75. The van der Waals surface area contributed by atoms with Crippen LogP contribution in [0.2, 0.25) is 0 Å². The Kier molecular flexibility index (Phi) is 5.38. The van der Waals surface area contributed by atoms with Gasteiger partial charge in [0.15, 0.2) is 0 Å². The van der Waals surface area contributed by atoms with E-state index in [2.05, 4.69) is 15.5 Å². The number of aromatic amines is 1. The molecule has 1 aromatic carbocycles. The fourth-order valence-corrected chi connectivity index (χ4v) is 2.95. The molecule has 0 saturated carbocycles. The van der Waals surface area contributed by atoms with Gasteiger partial charge < -0.3 is 14.8 Å². The van der Waals surface area contributed by atoms with Gasteiger partial charge in [0, 0.05) is 18.0 Å². The van der Waals surface area contributed by atoms with Gasteiger partial charge in [-0.15, -0.1) is 0 Å². The maximum Gasteiger partial charge on any atom is 0.259 e. The van der Waals surface area contributed by atoms with Crippen LogP contribution < -0.4 is 10.1 Å². The van der Waals surface area contributed by atoms with E-state index in [1.54, 1.807) is 0 Å². The zero-order chi connectivity index (χ0) is 17.8. The van der Waals surface area contributed by atoms with Gasteiger partial charge in [-0.1, -0.05) is 13.8 Å². The Balaban J connectivity index is 1.61. The van der Waals surface area contributed by atoms with E-state index in [9.17, 15) is 4.79 Å². The molecule has 1 aromatic heterocycles. The number of benzene rings is 1. The van der Waals surface area contributed by atoms with E-state index in [0.29, 0.717) is 12.2 Å². The van der Waals surface area contributed by atoms with Crippen LogP contribution in [0, 0.1) is 6.92 Å². The van der Waals surface area contributed by atoms with Gasteiger partial charge in [0.25, 0.3) is 5.91 Å². The summed E-state index contributed by atoms with van der Waals surface area (Å²) in [6.07, 6.45) is 2.35. The summed E-state index contributed by atoms with van der Waals surface area (Å²) in [5.41, 5.74) is 2.91. The maximum atomic E-state index is 12.6. The molecule has 3 rings (SSSR count). The van der Waals surface area contributed by atoms with Crippen LogP contribution in [0.5, 0.6) is 5.75 Å². The number of rotatable bonds is 6. The van der Waals surface area contributed by atoms with Crippen molar-refractivity contribution in [3.05, 3.63) is 41.2 Å². The summed E-state index contributed by atoms with van der Waals surface area (Å²) in [6, 6.07) is 7.40. The van der Waals surface area contributed by atoms with Crippen LogP contribution in [0.15, 0.2) is 24.3 Å². The van der Waals surface area contributed by atoms with Crippen LogP contribution >= 0.6 is 0 Å². The Labute approximate surface area is 147 Å². The van der Waals surface area contributed by atoms with Gasteiger partial charge >= 0.3 is 0 Å². The molecule has 0 radical (unpaired) electrons. The van der Waals surface area contributed by atoms with E-state index in [1.807, 2.05) is 45.0 Å². The van der Waals surface area contributed by atoms with Crippen LogP contribution in [0.3, 0.4) is 0 Å². The number of carbonyl (C=O) groups excluding carboxylic acids is 1. The quantitative estimate of drug-likeness (QED) is 0.839. The Morgan fingerprint density at radius 1 is 1.40 bits per heavy atom. The minimum absolute atomic E-state index is 0.150. The molecule has 0 unspecified atom stereocenters. The molecule has 1 aliphatic rings. The lowest BCUT2D eigenvalue weighted by atomic mass is 10.0. The van der Waals surface area contributed by atoms with Crippen molar-refractivity contribution in [1.29, 1.82) is 0 Å². The molecule has 2 N–H and O–H groups in total. The van der Waals surface area contributed by atoms with Crippen LogP contribution in [0.1, 0.15) is 54.4 Å². The van der Waals surface area contributed by atoms with E-state index < -0.39 is 0 Å². The third-order valence-electron chi connectivity index (χ3n) is 4.32. The molecule has 1 saturated heterocycles. The predicted octanol–water partition coefficient (Wildman–Crippen LogP) is 3.65. The molecule has 2 heterocycles. The van der Waals surface area contributed by atoms with Crippen molar-refractivity contribution in [2.75, 3.05) is 18.5 Å². The van der Waals surface area contributed by atoms with Gasteiger partial charge in [-0.25, -0.2) is 0 Å². The highest BCUT2D eigenvalue weighted by Crippen LogP contribution is 2.22.